The maximum absolute atomic E-state index is 13.0. The van der Waals surface area contributed by atoms with Gasteiger partial charge in [-0.25, -0.2) is 9.69 Å². The predicted molar refractivity (Wildman–Crippen MR) is 118 cm³/mol. The summed E-state index contributed by atoms with van der Waals surface area (Å²) in [6.45, 7) is 0.328. The van der Waals surface area contributed by atoms with Crippen LogP contribution in [0.15, 0.2) is 84.4 Å². The van der Waals surface area contributed by atoms with E-state index in [1.165, 1.54) is 12.1 Å². The van der Waals surface area contributed by atoms with E-state index in [0.717, 1.165) is 10.5 Å². The van der Waals surface area contributed by atoms with E-state index in [1.807, 2.05) is 30.3 Å². The number of nitrogens with zero attached hydrogens (tertiary/aromatic N) is 1. The number of urea groups is 1. The number of nitrogens with one attached hydrogen (secondary N) is 1. The van der Waals surface area contributed by atoms with Crippen molar-refractivity contribution in [3.8, 4) is 5.75 Å². The summed E-state index contributed by atoms with van der Waals surface area (Å²) in [7, 11) is 0. The number of ether oxygens (including phenoxy) is 1. The molecule has 0 spiro atoms. The molecular weight excluding hydrogens is 416 g/mol. The van der Waals surface area contributed by atoms with Crippen molar-refractivity contribution in [3.05, 3.63) is 101 Å². The maximum atomic E-state index is 13.0. The third-order valence-electron chi connectivity index (χ3n) is 4.62. The quantitative estimate of drug-likeness (QED) is 0.472. The Morgan fingerprint density at radius 1 is 0.903 bits per heavy atom. The van der Waals surface area contributed by atoms with Gasteiger partial charge in [-0.2, -0.15) is 0 Å². The molecule has 0 radical (unpaired) electrons. The predicted octanol–water partition coefficient (Wildman–Crippen LogP) is 4.59. The first kappa shape index (κ1) is 20.4. The molecule has 1 heterocycles. The van der Waals surface area contributed by atoms with Crippen LogP contribution >= 0.6 is 11.6 Å². The molecule has 0 saturated carbocycles. The Morgan fingerprint density at radius 2 is 1.65 bits per heavy atom. The van der Waals surface area contributed by atoms with Crippen LogP contribution in [-0.2, 0) is 16.2 Å². The van der Waals surface area contributed by atoms with E-state index < -0.39 is 17.8 Å². The van der Waals surface area contributed by atoms with Gasteiger partial charge in [0.25, 0.3) is 11.8 Å². The molecule has 3 aromatic carbocycles. The highest BCUT2D eigenvalue weighted by Gasteiger charge is 2.37. The van der Waals surface area contributed by atoms with Gasteiger partial charge in [0, 0.05) is 10.6 Å². The Labute approximate surface area is 183 Å². The van der Waals surface area contributed by atoms with E-state index in [9.17, 15) is 14.4 Å². The van der Waals surface area contributed by atoms with Gasteiger partial charge in [0.2, 0.25) is 0 Å². The van der Waals surface area contributed by atoms with E-state index in [2.05, 4.69) is 5.32 Å². The standard InChI is InChI=1S/C24H17ClN2O4/c25-18-10-6-11-19(14-18)27-23(29)20(22(28)26-24(27)30)13-17-9-4-5-12-21(17)31-15-16-7-2-1-3-8-16/h1-14H,15H2,(H,26,28,30)/b20-13+. The maximum Gasteiger partial charge on any atom is 0.335 e. The van der Waals surface area contributed by atoms with Gasteiger partial charge in [0.15, 0.2) is 0 Å². The number of hydrogen-bond donors (Lipinski definition) is 1. The lowest BCUT2D eigenvalue weighted by Crippen LogP contribution is -2.54. The highest BCUT2D eigenvalue weighted by atomic mass is 35.5. The lowest BCUT2D eigenvalue weighted by atomic mass is 10.1. The monoisotopic (exact) mass is 432 g/mol. The second-order valence-electron chi connectivity index (χ2n) is 6.75. The van der Waals surface area contributed by atoms with Crippen molar-refractivity contribution in [2.24, 2.45) is 0 Å². The fraction of sp³-hybridized carbons (Fsp3) is 0.0417. The smallest absolute Gasteiger partial charge is 0.335 e. The first-order valence-corrected chi connectivity index (χ1v) is 9.83. The van der Waals surface area contributed by atoms with Gasteiger partial charge >= 0.3 is 6.03 Å². The van der Waals surface area contributed by atoms with Gasteiger partial charge in [-0.05, 0) is 35.9 Å². The van der Waals surface area contributed by atoms with Gasteiger partial charge in [0.05, 0.1) is 5.69 Å². The normalized spacial score (nSPS) is 15.2. The number of carbonyl (C=O) groups is 3. The molecule has 3 aromatic rings. The van der Waals surface area contributed by atoms with Gasteiger partial charge < -0.3 is 4.74 Å². The van der Waals surface area contributed by atoms with Crippen LogP contribution in [0.1, 0.15) is 11.1 Å². The molecular formula is C24H17ClN2O4. The Morgan fingerprint density at radius 3 is 2.42 bits per heavy atom. The number of anilines is 1. The van der Waals surface area contributed by atoms with Gasteiger partial charge in [-0.1, -0.05) is 66.2 Å². The molecule has 31 heavy (non-hydrogen) atoms. The van der Waals surface area contributed by atoms with Crippen LogP contribution in [0.5, 0.6) is 5.75 Å². The Balaban J connectivity index is 1.65. The summed E-state index contributed by atoms with van der Waals surface area (Å²) in [6.07, 6.45) is 1.42. The molecule has 1 N–H and O–H groups in total. The number of carbonyl (C=O) groups excluding carboxylic acids is 3. The summed E-state index contributed by atoms with van der Waals surface area (Å²) in [6, 6.07) is 22.1. The summed E-state index contributed by atoms with van der Waals surface area (Å²) in [5, 5.41) is 2.56. The SMILES string of the molecule is O=C1NC(=O)N(c2cccc(Cl)c2)C(=O)/C1=C/c1ccccc1OCc1ccccc1. The molecule has 4 amide bonds. The molecule has 0 bridgehead atoms. The lowest BCUT2D eigenvalue weighted by molar-refractivity contribution is -0.122. The average molecular weight is 433 g/mol. The minimum atomic E-state index is -0.831. The number of imide groups is 2. The molecule has 0 unspecified atom stereocenters. The fourth-order valence-corrected chi connectivity index (χ4v) is 3.31. The Bertz CT molecular complexity index is 1190. The van der Waals surface area contributed by atoms with Crippen LogP contribution < -0.4 is 15.0 Å². The van der Waals surface area contributed by atoms with Crippen LogP contribution in [0.2, 0.25) is 5.02 Å². The number of halogens is 1. The Kier molecular flexibility index (Phi) is 5.82. The van der Waals surface area contributed by atoms with Crippen LogP contribution in [0.3, 0.4) is 0 Å². The highest BCUT2D eigenvalue weighted by Crippen LogP contribution is 2.27. The van der Waals surface area contributed by atoms with E-state index >= 15 is 0 Å². The van der Waals surface area contributed by atoms with Gasteiger partial charge in [0.1, 0.15) is 17.9 Å². The molecule has 154 valence electrons. The molecule has 1 aliphatic rings. The number of barbiturate groups is 1. The summed E-state index contributed by atoms with van der Waals surface area (Å²) >= 11 is 5.99. The summed E-state index contributed by atoms with van der Waals surface area (Å²) in [4.78, 5) is 38.7. The molecule has 4 rings (SSSR count). The number of para-hydroxylation sites is 1. The van der Waals surface area contributed by atoms with Crippen molar-refractivity contribution < 1.29 is 19.1 Å². The fourth-order valence-electron chi connectivity index (χ4n) is 3.13. The largest absolute Gasteiger partial charge is 0.488 e. The number of rotatable bonds is 5. The van der Waals surface area contributed by atoms with Crippen LogP contribution in [0.4, 0.5) is 10.5 Å². The molecule has 0 atom stereocenters. The van der Waals surface area contributed by atoms with Crippen molar-refractivity contribution in [2.45, 2.75) is 6.61 Å². The molecule has 1 aliphatic heterocycles. The number of benzene rings is 3. The van der Waals surface area contributed by atoms with E-state index in [-0.39, 0.29) is 11.3 Å². The van der Waals surface area contributed by atoms with Crippen molar-refractivity contribution in [1.29, 1.82) is 0 Å². The zero-order valence-electron chi connectivity index (χ0n) is 16.2. The van der Waals surface area contributed by atoms with Crippen LogP contribution in [0.25, 0.3) is 6.08 Å². The van der Waals surface area contributed by atoms with Gasteiger partial charge in [-0.15, -0.1) is 0 Å². The molecule has 0 aliphatic carbocycles. The van der Waals surface area contributed by atoms with Gasteiger partial charge in [-0.3, -0.25) is 14.9 Å². The minimum Gasteiger partial charge on any atom is -0.488 e. The van der Waals surface area contributed by atoms with E-state index in [0.29, 0.717) is 22.9 Å². The molecule has 1 fully saturated rings. The van der Waals surface area contributed by atoms with Crippen molar-refractivity contribution >= 4 is 41.2 Å². The van der Waals surface area contributed by atoms with E-state index in [4.69, 9.17) is 16.3 Å². The summed E-state index contributed by atoms with van der Waals surface area (Å²) in [5.74, 6) is -1.01. The molecule has 6 nitrogen and oxygen atoms in total. The first-order chi connectivity index (χ1) is 15.0. The highest BCUT2D eigenvalue weighted by molar-refractivity contribution is 6.39. The molecule has 1 saturated heterocycles. The third kappa shape index (κ3) is 4.49. The van der Waals surface area contributed by atoms with Crippen molar-refractivity contribution in [3.63, 3.8) is 0 Å². The second kappa shape index (κ2) is 8.85. The topological polar surface area (TPSA) is 75.7 Å². The number of amides is 4. The van der Waals surface area contributed by atoms with E-state index in [1.54, 1.807) is 42.5 Å². The third-order valence-corrected chi connectivity index (χ3v) is 4.86. The molecule has 0 aromatic heterocycles. The lowest BCUT2D eigenvalue weighted by Gasteiger charge is -2.26. The number of hydrogen-bond acceptors (Lipinski definition) is 4. The average Bonchev–Trinajstić information content (AvgIpc) is 2.76. The summed E-state index contributed by atoms with van der Waals surface area (Å²) < 4.78 is 5.90. The summed E-state index contributed by atoms with van der Waals surface area (Å²) in [5.41, 5.74) is 1.60. The first-order valence-electron chi connectivity index (χ1n) is 9.46. The minimum absolute atomic E-state index is 0.185. The Hall–Kier alpha value is -3.90. The second-order valence-corrected chi connectivity index (χ2v) is 7.19. The van der Waals surface area contributed by atoms with Crippen molar-refractivity contribution in [1.82, 2.24) is 5.32 Å². The van der Waals surface area contributed by atoms with Crippen LogP contribution in [-0.4, -0.2) is 17.8 Å². The van der Waals surface area contributed by atoms with Crippen LogP contribution in [0, 0.1) is 0 Å². The zero-order chi connectivity index (χ0) is 21.8. The van der Waals surface area contributed by atoms with Crippen molar-refractivity contribution in [2.75, 3.05) is 4.90 Å². The zero-order valence-corrected chi connectivity index (χ0v) is 17.0. The molecule has 7 heteroatoms.